The van der Waals surface area contributed by atoms with Crippen LogP contribution in [0.25, 0.3) is 0 Å². The zero-order valence-electron chi connectivity index (χ0n) is 15.6. The Labute approximate surface area is 159 Å². The van der Waals surface area contributed by atoms with Crippen molar-refractivity contribution < 1.29 is 14.4 Å². The number of amides is 3. The maximum Gasteiger partial charge on any atom is 0.261 e. The first-order chi connectivity index (χ1) is 12.5. The number of carbonyl (C=O) groups excluding carboxylic acids is 3. The summed E-state index contributed by atoms with van der Waals surface area (Å²) in [5.41, 5.74) is 0. The van der Waals surface area contributed by atoms with Crippen LogP contribution in [0.15, 0.2) is 17.5 Å². The minimum atomic E-state index is -0.257. The number of rotatable bonds is 9. The van der Waals surface area contributed by atoms with Crippen LogP contribution in [0, 0.1) is 5.92 Å². The molecule has 2 N–H and O–H groups in total. The van der Waals surface area contributed by atoms with Crippen molar-refractivity contribution in [1.82, 2.24) is 15.5 Å². The highest BCUT2D eigenvalue weighted by atomic mass is 32.1. The third-order valence-electron chi connectivity index (χ3n) is 4.53. The van der Waals surface area contributed by atoms with E-state index in [4.69, 9.17) is 0 Å². The average Bonchev–Trinajstić information content (AvgIpc) is 3.29. The van der Waals surface area contributed by atoms with Crippen LogP contribution in [0.2, 0.25) is 0 Å². The lowest BCUT2D eigenvalue weighted by Gasteiger charge is -2.24. The maximum absolute atomic E-state index is 12.5. The van der Waals surface area contributed by atoms with Crippen LogP contribution in [0.1, 0.15) is 55.6 Å². The molecular formula is C19H29N3O3S. The lowest BCUT2D eigenvalue weighted by molar-refractivity contribution is -0.135. The van der Waals surface area contributed by atoms with E-state index in [1.165, 1.54) is 11.3 Å². The third kappa shape index (κ3) is 6.78. The Kier molecular flexibility index (Phi) is 8.09. The van der Waals surface area contributed by atoms with Crippen LogP contribution in [-0.4, -0.2) is 48.3 Å². The van der Waals surface area contributed by atoms with Crippen LogP contribution >= 0.6 is 11.3 Å². The fraction of sp³-hybridized carbons (Fsp3) is 0.632. The van der Waals surface area contributed by atoms with Crippen molar-refractivity contribution in [2.24, 2.45) is 5.92 Å². The van der Waals surface area contributed by atoms with E-state index in [1.807, 2.05) is 5.38 Å². The number of nitrogens with zero attached hydrogens (tertiary/aromatic N) is 1. The summed E-state index contributed by atoms with van der Waals surface area (Å²) in [6, 6.07) is 3.75. The third-order valence-corrected chi connectivity index (χ3v) is 5.40. The van der Waals surface area contributed by atoms with Crippen LogP contribution < -0.4 is 10.6 Å². The fourth-order valence-electron chi connectivity index (χ4n) is 2.99. The van der Waals surface area contributed by atoms with Gasteiger partial charge in [-0.3, -0.25) is 14.4 Å². The average molecular weight is 380 g/mol. The Morgan fingerprint density at radius 1 is 1.27 bits per heavy atom. The van der Waals surface area contributed by atoms with Gasteiger partial charge in [-0.05, 0) is 36.6 Å². The number of hydrogen-bond acceptors (Lipinski definition) is 4. The van der Waals surface area contributed by atoms with Gasteiger partial charge in [-0.25, -0.2) is 0 Å². The predicted octanol–water partition coefficient (Wildman–Crippen LogP) is 2.41. The molecule has 1 aliphatic carbocycles. The molecule has 0 spiro atoms. The highest BCUT2D eigenvalue weighted by Crippen LogP contribution is 2.17. The van der Waals surface area contributed by atoms with Gasteiger partial charge in [0.1, 0.15) is 0 Å². The van der Waals surface area contributed by atoms with Gasteiger partial charge < -0.3 is 15.5 Å². The predicted molar refractivity (Wildman–Crippen MR) is 103 cm³/mol. The van der Waals surface area contributed by atoms with Gasteiger partial charge in [-0.2, -0.15) is 0 Å². The first kappa shape index (κ1) is 20.4. The first-order valence-electron chi connectivity index (χ1n) is 9.34. The summed E-state index contributed by atoms with van der Waals surface area (Å²) >= 11 is 1.33. The van der Waals surface area contributed by atoms with E-state index in [2.05, 4.69) is 24.5 Å². The summed E-state index contributed by atoms with van der Waals surface area (Å²) in [4.78, 5) is 39.0. The summed E-state index contributed by atoms with van der Waals surface area (Å²) in [5, 5.41) is 7.49. The van der Waals surface area contributed by atoms with E-state index in [-0.39, 0.29) is 36.9 Å². The van der Waals surface area contributed by atoms with Crippen molar-refractivity contribution in [2.75, 3.05) is 19.6 Å². The zero-order chi connectivity index (χ0) is 18.9. The molecule has 1 saturated carbocycles. The van der Waals surface area contributed by atoms with Crippen molar-refractivity contribution in [3.05, 3.63) is 22.4 Å². The SMILES string of the molecule is CC(C)CCN(CC(=O)NC1CCCC1)C(=O)CNC(=O)c1cccs1. The van der Waals surface area contributed by atoms with Gasteiger partial charge in [0.25, 0.3) is 5.91 Å². The standard InChI is InChI=1S/C19H29N3O3S/c1-14(2)9-10-22(13-17(23)21-15-6-3-4-7-15)18(24)12-20-19(25)16-8-5-11-26-16/h5,8,11,14-15H,3-4,6-7,9-10,12-13H2,1-2H3,(H,20,25)(H,21,23). The molecule has 1 aromatic rings. The summed E-state index contributed by atoms with van der Waals surface area (Å²) in [7, 11) is 0. The molecule has 1 aliphatic rings. The second-order valence-corrected chi connectivity index (χ2v) is 8.15. The fourth-order valence-corrected chi connectivity index (χ4v) is 3.63. The Hall–Kier alpha value is -1.89. The van der Waals surface area contributed by atoms with E-state index < -0.39 is 0 Å². The molecule has 3 amide bonds. The largest absolute Gasteiger partial charge is 0.352 e. The van der Waals surface area contributed by atoms with Crippen molar-refractivity contribution in [2.45, 2.75) is 52.0 Å². The topological polar surface area (TPSA) is 78.5 Å². The molecule has 1 aromatic heterocycles. The Balaban J connectivity index is 1.85. The van der Waals surface area contributed by atoms with Crippen LogP contribution in [0.5, 0.6) is 0 Å². The van der Waals surface area contributed by atoms with Crippen molar-refractivity contribution in [1.29, 1.82) is 0 Å². The quantitative estimate of drug-likeness (QED) is 0.692. The molecule has 144 valence electrons. The second kappa shape index (κ2) is 10.3. The van der Waals surface area contributed by atoms with E-state index in [1.54, 1.807) is 17.0 Å². The number of hydrogen-bond donors (Lipinski definition) is 2. The molecule has 0 radical (unpaired) electrons. The van der Waals surface area contributed by atoms with Crippen LogP contribution in [0.3, 0.4) is 0 Å². The number of nitrogens with one attached hydrogen (secondary N) is 2. The molecule has 0 bridgehead atoms. The molecule has 0 saturated heterocycles. The highest BCUT2D eigenvalue weighted by molar-refractivity contribution is 7.12. The molecule has 26 heavy (non-hydrogen) atoms. The Morgan fingerprint density at radius 2 is 2.00 bits per heavy atom. The van der Waals surface area contributed by atoms with Crippen molar-refractivity contribution in [3.63, 3.8) is 0 Å². The summed E-state index contributed by atoms with van der Waals surface area (Å²) in [5.74, 6) is -0.160. The van der Waals surface area contributed by atoms with Gasteiger partial charge in [-0.15, -0.1) is 11.3 Å². The van der Waals surface area contributed by atoms with Crippen molar-refractivity contribution in [3.8, 4) is 0 Å². The molecular weight excluding hydrogens is 350 g/mol. The van der Waals surface area contributed by atoms with E-state index in [9.17, 15) is 14.4 Å². The number of thiophene rings is 1. The molecule has 6 nitrogen and oxygen atoms in total. The lowest BCUT2D eigenvalue weighted by atomic mass is 10.1. The van der Waals surface area contributed by atoms with Gasteiger partial charge in [0.2, 0.25) is 11.8 Å². The minimum absolute atomic E-state index is 0.0525. The molecule has 1 heterocycles. The first-order valence-corrected chi connectivity index (χ1v) is 10.2. The summed E-state index contributed by atoms with van der Waals surface area (Å²) in [6.45, 7) is 4.64. The normalized spacial score (nSPS) is 14.4. The molecule has 7 heteroatoms. The molecule has 0 unspecified atom stereocenters. The van der Waals surface area contributed by atoms with Gasteiger partial charge in [0.15, 0.2) is 0 Å². The van der Waals surface area contributed by atoms with Crippen molar-refractivity contribution >= 4 is 29.1 Å². The van der Waals surface area contributed by atoms with Gasteiger partial charge in [0.05, 0.1) is 18.0 Å². The molecule has 2 rings (SSSR count). The lowest BCUT2D eigenvalue weighted by Crippen LogP contribution is -2.47. The maximum atomic E-state index is 12.5. The zero-order valence-corrected chi connectivity index (χ0v) is 16.4. The van der Waals surface area contributed by atoms with E-state index in [0.29, 0.717) is 17.3 Å². The minimum Gasteiger partial charge on any atom is -0.352 e. The van der Waals surface area contributed by atoms with Gasteiger partial charge >= 0.3 is 0 Å². The molecule has 0 aromatic carbocycles. The monoisotopic (exact) mass is 379 g/mol. The Morgan fingerprint density at radius 3 is 2.62 bits per heavy atom. The number of carbonyl (C=O) groups is 3. The van der Waals surface area contributed by atoms with Gasteiger partial charge in [-0.1, -0.05) is 32.8 Å². The summed E-state index contributed by atoms with van der Waals surface area (Å²) < 4.78 is 0. The van der Waals surface area contributed by atoms with Crippen LogP contribution in [0.4, 0.5) is 0 Å². The molecule has 1 fully saturated rings. The molecule has 0 atom stereocenters. The molecule has 0 aliphatic heterocycles. The smallest absolute Gasteiger partial charge is 0.261 e. The van der Waals surface area contributed by atoms with Gasteiger partial charge in [0, 0.05) is 12.6 Å². The Bertz CT molecular complexity index is 595. The highest BCUT2D eigenvalue weighted by Gasteiger charge is 2.22. The summed E-state index contributed by atoms with van der Waals surface area (Å²) in [6.07, 6.45) is 5.15. The van der Waals surface area contributed by atoms with E-state index in [0.717, 1.165) is 32.1 Å². The van der Waals surface area contributed by atoms with Crippen LogP contribution in [-0.2, 0) is 9.59 Å². The van der Waals surface area contributed by atoms with E-state index >= 15 is 0 Å². The second-order valence-electron chi connectivity index (χ2n) is 7.21.